The highest BCUT2D eigenvalue weighted by molar-refractivity contribution is 6.52. The lowest BCUT2D eigenvalue weighted by molar-refractivity contribution is -0.132. The molecule has 1 amide bonds. The summed E-state index contributed by atoms with van der Waals surface area (Å²) in [5.41, 5.74) is 1.50. The predicted molar refractivity (Wildman–Crippen MR) is 125 cm³/mol. The summed E-state index contributed by atoms with van der Waals surface area (Å²) in [4.78, 5) is 27.7. The van der Waals surface area contributed by atoms with Gasteiger partial charge in [-0.2, -0.15) is 0 Å². The standard InChI is InChI=1S/C25H18Cl2FNO4/c1-13-4-3-5-16(10-13)29-22(14-6-8-18(26)19(27)11-14)21(24(31)25(29)32)23(30)17-12-15(28)7-9-20(17)33-2/h3-12,22,30H,1-2H3/b23-21+. The van der Waals surface area contributed by atoms with Crippen molar-refractivity contribution in [3.8, 4) is 5.75 Å². The molecule has 1 fully saturated rings. The Morgan fingerprint density at radius 2 is 1.79 bits per heavy atom. The van der Waals surface area contributed by atoms with Gasteiger partial charge in [-0.1, -0.05) is 41.4 Å². The van der Waals surface area contributed by atoms with Crippen molar-refractivity contribution in [3.05, 3.63) is 98.8 Å². The molecule has 0 aromatic heterocycles. The number of ketones is 1. The van der Waals surface area contributed by atoms with Crippen molar-refractivity contribution in [1.29, 1.82) is 0 Å². The predicted octanol–water partition coefficient (Wildman–Crippen LogP) is 6.08. The first kappa shape index (κ1) is 22.8. The zero-order chi connectivity index (χ0) is 23.9. The Hall–Kier alpha value is -3.35. The monoisotopic (exact) mass is 485 g/mol. The molecule has 1 heterocycles. The molecule has 8 heteroatoms. The first-order valence-corrected chi connectivity index (χ1v) is 10.6. The van der Waals surface area contributed by atoms with Gasteiger partial charge in [-0.05, 0) is 60.5 Å². The molecule has 3 aromatic rings. The SMILES string of the molecule is COc1ccc(F)cc1/C(O)=C1\C(=O)C(=O)N(c2cccc(C)c2)C1c1ccc(Cl)c(Cl)c1. The maximum Gasteiger partial charge on any atom is 0.300 e. The number of aliphatic hydroxyl groups excluding tert-OH is 1. The van der Waals surface area contributed by atoms with E-state index in [2.05, 4.69) is 0 Å². The number of hydrogen-bond acceptors (Lipinski definition) is 4. The van der Waals surface area contributed by atoms with Crippen molar-refractivity contribution in [2.45, 2.75) is 13.0 Å². The number of carbonyl (C=O) groups excluding carboxylic acids is 2. The maximum absolute atomic E-state index is 14.0. The van der Waals surface area contributed by atoms with Crippen LogP contribution in [0.25, 0.3) is 5.76 Å². The van der Waals surface area contributed by atoms with Gasteiger partial charge in [0, 0.05) is 5.69 Å². The second-order valence-corrected chi connectivity index (χ2v) is 8.34. The molecule has 1 atom stereocenters. The van der Waals surface area contributed by atoms with Gasteiger partial charge in [0.2, 0.25) is 0 Å². The highest BCUT2D eigenvalue weighted by atomic mass is 35.5. The van der Waals surface area contributed by atoms with Gasteiger partial charge in [0.15, 0.2) is 0 Å². The van der Waals surface area contributed by atoms with E-state index < -0.39 is 29.3 Å². The molecule has 5 nitrogen and oxygen atoms in total. The minimum atomic E-state index is -1.03. The van der Waals surface area contributed by atoms with E-state index >= 15 is 0 Å². The van der Waals surface area contributed by atoms with Gasteiger partial charge in [0.1, 0.15) is 17.3 Å². The molecule has 0 aliphatic carbocycles. The Balaban J connectivity index is 2.01. The smallest absolute Gasteiger partial charge is 0.300 e. The van der Waals surface area contributed by atoms with Crippen LogP contribution >= 0.6 is 23.2 Å². The molecule has 3 aromatic carbocycles. The summed E-state index contributed by atoms with van der Waals surface area (Å²) in [5, 5.41) is 11.7. The first-order valence-electron chi connectivity index (χ1n) is 9.89. The van der Waals surface area contributed by atoms with E-state index in [0.29, 0.717) is 16.3 Å². The summed E-state index contributed by atoms with van der Waals surface area (Å²) in [6.07, 6.45) is 0. The van der Waals surface area contributed by atoms with Gasteiger partial charge in [0.25, 0.3) is 11.7 Å². The summed E-state index contributed by atoms with van der Waals surface area (Å²) >= 11 is 12.3. The molecule has 0 radical (unpaired) electrons. The van der Waals surface area contributed by atoms with Gasteiger partial charge in [-0.25, -0.2) is 4.39 Å². The van der Waals surface area contributed by atoms with Crippen LogP contribution in [0.3, 0.4) is 0 Å². The van der Waals surface area contributed by atoms with Gasteiger partial charge in [0.05, 0.1) is 34.3 Å². The molecular weight excluding hydrogens is 468 g/mol. The summed E-state index contributed by atoms with van der Waals surface area (Å²) < 4.78 is 19.3. The van der Waals surface area contributed by atoms with Crippen LogP contribution in [0.2, 0.25) is 10.0 Å². The Labute approximate surface area is 199 Å². The topological polar surface area (TPSA) is 66.8 Å². The molecule has 4 rings (SSSR count). The number of Topliss-reactive ketones (excluding diaryl/α,β-unsaturated/α-hetero) is 1. The van der Waals surface area contributed by atoms with E-state index in [1.54, 1.807) is 30.3 Å². The van der Waals surface area contributed by atoms with Crippen molar-refractivity contribution in [2.24, 2.45) is 0 Å². The van der Waals surface area contributed by atoms with Crippen molar-refractivity contribution in [2.75, 3.05) is 12.0 Å². The van der Waals surface area contributed by atoms with Crippen LogP contribution in [-0.2, 0) is 9.59 Å². The van der Waals surface area contributed by atoms with E-state index in [0.717, 1.165) is 17.7 Å². The number of halogens is 3. The summed E-state index contributed by atoms with van der Waals surface area (Å²) in [5.74, 6) is -2.82. The van der Waals surface area contributed by atoms with Gasteiger partial charge < -0.3 is 9.84 Å². The lowest BCUT2D eigenvalue weighted by Crippen LogP contribution is -2.29. The third-order valence-electron chi connectivity index (χ3n) is 5.40. The van der Waals surface area contributed by atoms with Crippen molar-refractivity contribution >= 4 is 46.3 Å². The van der Waals surface area contributed by atoms with E-state index in [-0.39, 0.29) is 21.9 Å². The molecule has 1 N–H and O–H groups in total. The molecule has 1 saturated heterocycles. The lowest BCUT2D eigenvalue weighted by Gasteiger charge is -2.26. The number of anilines is 1. The van der Waals surface area contributed by atoms with E-state index in [1.165, 1.54) is 24.1 Å². The van der Waals surface area contributed by atoms with Crippen LogP contribution in [0, 0.1) is 12.7 Å². The largest absolute Gasteiger partial charge is 0.507 e. The number of benzene rings is 3. The van der Waals surface area contributed by atoms with Gasteiger partial charge in [-0.15, -0.1) is 0 Å². The molecule has 0 saturated carbocycles. The number of ether oxygens (including phenoxy) is 1. The summed E-state index contributed by atoms with van der Waals surface area (Å²) in [7, 11) is 1.35. The maximum atomic E-state index is 14.0. The van der Waals surface area contributed by atoms with Crippen LogP contribution in [0.1, 0.15) is 22.7 Å². The lowest BCUT2D eigenvalue weighted by atomic mass is 9.94. The molecule has 0 spiro atoms. The number of rotatable bonds is 4. The number of aryl methyl sites for hydroxylation is 1. The third kappa shape index (κ3) is 4.08. The first-order chi connectivity index (χ1) is 15.7. The minimum Gasteiger partial charge on any atom is -0.507 e. The molecule has 168 valence electrons. The highest BCUT2D eigenvalue weighted by Crippen LogP contribution is 2.44. The van der Waals surface area contributed by atoms with Crippen molar-refractivity contribution in [1.82, 2.24) is 0 Å². The molecular formula is C25H18Cl2FNO4. The highest BCUT2D eigenvalue weighted by Gasteiger charge is 2.47. The number of nitrogens with zero attached hydrogens (tertiary/aromatic N) is 1. The summed E-state index contributed by atoms with van der Waals surface area (Å²) in [6.45, 7) is 1.85. The number of aliphatic hydroxyl groups is 1. The fraction of sp³-hybridized carbons (Fsp3) is 0.120. The Bertz CT molecular complexity index is 1320. The number of amides is 1. The van der Waals surface area contributed by atoms with Crippen LogP contribution in [0.4, 0.5) is 10.1 Å². The number of hydrogen-bond donors (Lipinski definition) is 1. The Morgan fingerprint density at radius 1 is 1.03 bits per heavy atom. The van der Waals surface area contributed by atoms with Crippen molar-refractivity contribution in [3.63, 3.8) is 0 Å². The Kier molecular flexibility index (Phi) is 6.15. The third-order valence-corrected chi connectivity index (χ3v) is 6.14. The average molecular weight is 486 g/mol. The van der Waals surface area contributed by atoms with Gasteiger partial charge >= 0.3 is 0 Å². The van der Waals surface area contributed by atoms with E-state index in [4.69, 9.17) is 27.9 Å². The zero-order valence-electron chi connectivity index (χ0n) is 17.6. The molecule has 33 heavy (non-hydrogen) atoms. The second kappa shape index (κ2) is 8.89. The Morgan fingerprint density at radius 3 is 2.45 bits per heavy atom. The summed E-state index contributed by atoms with van der Waals surface area (Å²) in [6, 6.07) is 14.2. The molecule has 0 bridgehead atoms. The molecule has 1 aliphatic rings. The quantitative estimate of drug-likeness (QED) is 0.276. The van der Waals surface area contributed by atoms with Crippen LogP contribution in [0.15, 0.2) is 66.2 Å². The normalized spacial score (nSPS) is 17.5. The fourth-order valence-electron chi connectivity index (χ4n) is 3.88. The van der Waals surface area contributed by atoms with E-state index in [1.807, 2.05) is 13.0 Å². The van der Waals surface area contributed by atoms with Crippen LogP contribution in [-0.4, -0.2) is 23.9 Å². The second-order valence-electron chi connectivity index (χ2n) is 7.53. The molecule has 1 unspecified atom stereocenters. The zero-order valence-corrected chi connectivity index (χ0v) is 19.1. The van der Waals surface area contributed by atoms with Gasteiger partial charge in [-0.3, -0.25) is 14.5 Å². The number of methoxy groups -OCH3 is 1. The van der Waals surface area contributed by atoms with Crippen LogP contribution in [0.5, 0.6) is 5.75 Å². The molecule has 1 aliphatic heterocycles. The average Bonchev–Trinajstić information content (AvgIpc) is 3.05. The fourth-order valence-corrected chi connectivity index (χ4v) is 4.19. The van der Waals surface area contributed by atoms with E-state index in [9.17, 15) is 19.1 Å². The minimum absolute atomic E-state index is 0.0511. The van der Waals surface area contributed by atoms with Crippen LogP contribution < -0.4 is 9.64 Å². The van der Waals surface area contributed by atoms with Crippen molar-refractivity contribution < 1.29 is 23.8 Å². The number of carbonyl (C=O) groups is 2.